The summed E-state index contributed by atoms with van der Waals surface area (Å²) in [5.74, 6) is -0.000765. The molecule has 1 fully saturated rings. The third-order valence-corrected chi connectivity index (χ3v) is 1.58. The highest BCUT2D eigenvalue weighted by Crippen LogP contribution is 1.93. The Bertz CT molecular complexity index is 137. The fourth-order valence-corrected chi connectivity index (χ4v) is 1.01. The molecule has 4 nitrogen and oxygen atoms in total. The number of carbonyl (C=O) groups excluding carboxylic acids is 1. The van der Waals surface area contributed by atoms with Crippen molar-refractivity contribution in [3.63, 3.8) is 0 Å². The van der Waals surface area contributed by atoms with Gasteiger partial charge in [0.1, 0.15) is 0 Å². The molecule has 0 aromatic rings. The van der Waals surface area contributed by atoms with Gasteiger partial charge >= 0.3 is 0 Å². The van der Waals surface area contributed by atoms with E-state index in [4.69, 9.17) is 4.74 Å². The molecule has 0 aromatic carbocycles. The van der Waals surface area contributed by atoms with Gasteiger partial charge < -0.3 is 15.4 Å². The summed E-state index contributed by atoms with van der Waals surface area (Å²) in [7, 11) is 0. The van der Waals surface area contributed by atoms with Gasteiger partial charge in [-0.2, -0.15) is 0 Å². The molecule has 4 heteroatoms. The standard InChI is InChI=1S/C7H14N2O2.H2/c1-6(10)9-5-7-4-8-2-3-11-7;/h7-8H,2-5H2,1H3,(H,9,10);1H. The van der Waals surface area contributed by atoms with Gasteiger partial charge in [-0.25, -0.2) is 0 Å². The molecule has 1 rings (SSSR count). The van der Waals surface area contributed by atoms with Crippen molar-refractivity contribution in [2.75, 3.05) is 26.2 Å². The minimum atomic E-state index is -0.000765. The zero-order valence-corrected chi connectivity index (χ0v) is 6.72. The van der Waals surface area contributed by atoms with Crippen molar-refractivity contribution in [1.82, 2.24) is 10.6 Å². The van der Waals surface area contributed by atoms with Gasteiger partial charge in [0.15, 0.2) is 0 Å². The van der Waals surface area contributed by atoms with Crippen LogP contribution in [-0.4, -0.2) is 38.3 Å². The number of amides is 1. The highest BCUT2D eigenvalue weighted by Gasteiger charge is 2.12. The van der Waals surface area contributed by atoms with Crippen molar-refractivity contribution in [3.05, 3.63) is 0 Å². The first-order chi connectivity index (χ1) is 5.29. The van der Waals surface area contributed by atoms with Gasteiger partial charge in [-0.05, 0) is 0 Å². The molecule has 0 radical (unpaired) electrons. The topological polar surface area (TPSA) is 50.4 Å². The maximum Gasteiger partial charge on any atom is 0.216 e. The van der Waals surface area contributed by atoms with Crippen LogP contribution in [0.3, 0.4) is 0 Å². The van der Waals surface area contributed by atoms with Crippen molar-refractivity contribution < 1.29 is 11.0 Å². The first-order valence-corrected chi connectivity index (χ1v) is 3.86. The number of hydrogen-bond donors (Lipinski definition) is 2. The summed E-state index contributed by atoms with van der Waals surface area (Å²) in [6.07, 6.45) is 0.146. The highest BCUT2D eigenvalue weighted by molar-refractivity contribution is 5.72. The molecule has 1 heterocycles. The number of morpholine rings is 1. The molecule has 66 valence electrons. The average molecular weight is 160 g/mol. The maximum absolute atomic E-state index is 10.5. The van der Waals surface area contributed by atoms with Crippen molar-refractivity contribution >= 4 is 5.91 Å². The minimum Gasteiger partial charge on any atom is -0.374 e. The predicted molar refractivity (Wildman–Crippen MR) is 43.4 cm³/mol. The Morgan fingerprint density at radius 3 is 3.27 bits per heavy atom. The van der Waals surface area contributed by atoms with Gasteiger partial charge in [-0.3, -0.25) is 4.79 Å². The molecule has 2 N–H and O–H groups in total. The van der Waals surface area contributed by atoms with Crippen molar-refractivity contribution in [2.24, 2.45) is 0 Å². The summed E-state index contributed by atoms with van der Waals surface area (Å²) in [5, 5.41) is 5.89. The number of rotatable bonds is 2. The number of ether oxygens (including phenoxy) is 1. The van der Waals surface area contributed by atoms with Crippen molar-refractivity contribution in [3.8, 4) is 0 Å². The zero-order valence-electron chi connectivity index (χ0n) is 6.72. The lowest BCUT2D eigenvalue weighted by atomic mass is 10.3. The van der Waals surface area contributed by atoms with Crippen LogP contribution in [0.4, 0.5) is 0 Å². The van der Waals surface area contributed by atoms with Gasteiger partial charge in [0.05, 0.1) is 12.7 Å². The molecule has 1 amide bonds. The van der Waals surface area contributed by atoms with E-state index in [-0.39, 0.29) is 13.4 Å². The van der Waals surface area contributed by atoms with E-state index in [9.17, 15) is 4.79 Å². The Balaban J connectivity index is 0.00000121. The Morgan fingerprint density at radius 2 is 2.73 bits per heavy atom. The number of carbonyl (C=O) groups is 1. The summed E-state index contributed by atoms with van der Waals surface area (Å²) in [4.78, 5) is 10.5. The maximum atomic E-state index is 10.5. The van der Waals surface area contributed by atoms with E-state index in [0.717, 1.165) is 19.7 Å². The smallest absolute Gasteiger partial charge is 0.216 e. The van der Waals surface area contributed by atoms with Crippen LogP contribution in [-0.2, 0) is 9.53 Å². The van der Waals surface area contributed by atoms with E-state index in [1.165, 1.54) is 6.92 Å². The monoisotopic (exact) mass is 160 g/mol. The summed E-state index contributed by atoms with van der Waals surface area (Å²) < 4.78 is 5.35. The second kappa shape index (κ2) is 4.31. The molecular formula is C7H16N2O2. The lowest BCUT2D eigenvalue weighted by molar-refractivity contribution is -0.119. The van der Waals surface area contributed by atoms with Gasteiger partial charge in [0, 0.05) is 28.0 Å². The molecule has 0 spiro atoms. The normalized spacial score (nSPS) is 24.6. The van der Waals surface area contributed by atoms with E-state index >= 15 is 0 Å². The Kier molecular flexibility index (Phi) is 3.32. The third kappa shape index (κ3) is 3.34. The largest absolute Gasteiger partial charge is 0.374 e. The van der Waals surface area contributed by atoms with Crippen molar-refractivity contribution in [1.29, 1.82) is 0 Å². The van der Waals surface area contributed by atoms with Crippen LogP contribution in [0.25, 0.3) is 0 Å². The summed E-state index contributed by atoms with van der Waals surface area (Å²) in [5.41, 5.74) is 0. The van der Waals surface area contributed by atoms with E-state index < -0.39 is 0 Å². The first kappa shape index (κ1) is 8.49. The molecule has 1 unspecified atom stereocenters. The first-order valence-electron chi connectivity index (χ1n) is 3.86. The van der Waals surface area contributed by atoms with Crippen LogP contribution in [0.2, 0.25) is 0 Å². The Hall–Kier alpha value is -0.610. The SMILES string of the molecule is CC(=O)NCC1CNCCO1.[HH]. The van der Waals surface area contributed by atoms with E-state index in [2.05, 4.69) is 10.6 Å². The van der Waals surface area contributed by atoms with Crippen LogP contribution in [0.1, 0.15) is 8.35 Å². The van der Waals surface area contributed by atoms with Gasteiger partial charge in [0.25, 0.3) is 0 Å². The van der Waals surface area contributed by atoms with Gasteiger partial charge in [0.2, 0.25) is 5.91 Å². The molecule has 0 aromatic heterocycles. The third-order valence-electron chi connectivity index (χ3n) is 1.58. The molecule has 1 aliphatic rings. The zero-order chi connectivity index (χ0) is 8.10. The summed E-state index contributed by atoms with van der Waals surface area (Å²) in [6, 6.07) is 0. The fraction of sp³-hybridized carbons (Fsp3) is 0.857. The molecule has 1 saturated heterocycles. The molecule has 0 aliphatic carbocycles. The quantitative estimate of drug-likeness (QED) is 0.565. The van der Waals surface area contributed by atoms with E-state index in [1.807, 2.05) is 0 Å². The Labute approximate surface area is 67.8 Å². The average Bonchev–Trinajstić information content (AvgIpc) is 2.03. The highest BCUT2D eigenvalue weighted by atomic mass is 16.5. The predicted octanol–water partition coefficient (Wildman–Crippen LogP) is -0.643. The fourth-order valence-electron chi connectivity index (χ4n) is 1.01. The molecular weight excluding hydrogens is 144 g/mol. The summed E-state index contributed by atoms with van der Waals surface area (Å²) in [6.45, 7) is 4.61. The van der Waals surface area contributed by atoms with Crippen molar-refractivity contribution in [2.45, 2.75) is 13.0 Å². The van der Waals surface area contributed by atoms with E-state index in [0.29, 0.717) is 6.54 Å². The molecule has 1 atom stereocenters. The van der Waals surface area contributed by atoms with Crippen LogP contribution >= 0.6 is 0 Å². The molecule has 11 heavy (non-hydrogen) atoms. The minimum absolute atomic E-state index is 0. The Morgan fingerprint density at radius 1 is 1.91 bits per heavy atom. The van der Waals surface area contributed by atoms with E-state index in [1.54, 1.807) is 0 Å². The van der Waals surface area contributed by atoms with Crippen LogP contribution in [0.5, 0.6) is 0 Å². The molecule has 0 saturated carbocycles. The number of hydrogen-bond acceptors (Lipinski definition) is 3. The second-order valence-corrected chi connectivity index (χ2v) is 2.63. The lowest BCUT2D eigenvalue weighted by Crippen LogP contribution is -2.44. The summed E-state index contributed by atoms with van der Waals surface area (Å²) >= 11 is 0. The van der Waals surface area contributed by atoms with Gasteiger partial charge in [-0.15, -0.1) is 0 Å². The molecule has 0 bridgehead atoms. The second-order valence-electron chi connectivity index (χ2n) is 2.63. The van der Waals surface area contributed by atoms with Crippen LogP contribution in [0, 0.1) is 0 Å². The van der Waals surface area contributed by atoms with Gasteiger partial charge in [-0.1, -0.05) is 0 Å². The van der Waals surface area contributed by atoms with Crippen LogP contribution in [0.15, 0.2) is 0 Å². The lowest BCUT2D eigenvalue weighted by Gasteiger charge is -2.23. The molecule has 1 aliphatic heterocycles. The van der Waals surface area contributed by atoms with Crippen LogP contribution < -0.4 is 10.6 Å². The number of nitrogens with one attached hydrogen (secondary N) is 2.